The van der Waals surface area contributed by atoms with Crippen molar-refractivity contribution in [3.63, 3.8) is 0 Å². The number of hydrogen-bond acceptors (Lipinski definition) is 3. The highest BCUT2D eigenvalue weighted by Gasteiger charge is 2.31. The molecule has 1 aliphatic heterocycles. The van der Waals surface area contributed by atoms with E-state index in [0.29, 0.717) is 6.04 Å². The third-order valence-electron chi connectivity index (χ3n) is 4.43. The second-order valence-corrected chi connectivity index (χ2v) is 7.50. The minimum Gasteiger partial charge on any atom is -0.484 e. The molecule has 2 aromatic rings. The van der Waals surface area contributed by atoms with Crippen LogP contribution in [0.5, 0.6) is 5.75 Å². The van der Waals surface area contributed by atoms with Gasteiger partial charge in [0.2, 0.25) is 0 Å². The summed E-state index contributed by atoms with van der Waals surface area (Å²) < 4.78 is 44.7. The largest absolute Gasteiger partial charge is 0.484 e. The van der Waals surface area contributed by atoms with E-state index in [4.69, 9.17) is 4.74 Å². The van der Waals surface area contributed by atoms with Gasteiger partial charge in [0.05, 0.1) is 4.90 Å². The number of benzene rings is 2. The zero-order valence-corrected chi connectivity index (χ0v) is 15.2. The van der Waals surface area contributed by atoms with Gasteiger partial charge in [-0.05, 0) is 48.8 Å². The number of rotatable bonds is 6. The molecule has 3 rings (SSSR count). The number of nitrogens with one attached hydrogen (secondary N) is 1. The molecule has 1 heterocycles. The van der Waals surface area contributed by atoms with Crippen LogP contribution < -0.4 is 10.1 Å². The van der Waals surface area contributed by atoms with Gasteiger partial charge in [-0.25, -0.2) is 0 Å². The number of piperidine rings is 1. The van der Waals surface area contributed by atoms with Gasteiger partial charge in [0.1, 0.15) is 11.9 Å². The van der Waals surface area contributed by atoms with Crippen molar-refractivity contribution in [1.29, 1.82) is 0 Å². The molecule has 6 heteroatoms. The van der Waals surface area contributed by atoms with Crippen LogP contribution in [0, 0.1) is 0 Å². The third kappa shape index (κ3) is 5.68. The Morgan fingerprint density at radius 3 is 2.46 bits per heavy atom. The van der Waals surface area contributed by atoms with Crippen molar-refractivity contribution in [1.82, 2.24) is 5.32 Å². The lowest BCUT2D eigenvalue weighted by molar-refractivity contribution is -0.0329. The minimum atomic E-state index is -4.34. The van der Waals surface area contributed by atoms with Crippen LogP contribution in [0.4, 0.5) is 13.2 Å². The number of hydrogen-bond donors (Lipinski definition) is 1. The van der Waals surface area contributed by atoms with E-state index in [1.54, 1.807) is 18.2 Å². The molecule has 0 amide bonds. The summed E-state index contributed by atoms with van der Waals surface area (Å²) in [5.41, 5.74) is -3.36. The molecule has 0 aliphatic carbocycles. The molecule has 0 spiro atoms. The molecule has 0 aromatic heterocycles. The first-order valence-corrected chi connectivity index (χ1v) is 9.63. The highest BCUT2D eigenvalue weighted by Crippen LogP contribution is 2.42. The zero-order valence-electron chi connectivity index (χ0n) is 14.3. The fourth-order valence-electron chi connectivity index (χ4n) is 3.21. The zero-order chi connectivity index (χ0) is 18.4. The van der Waals surface area contributed by atoms with Crippen LogP contribution in [0.25, 0.3) is 0 Å². The minimum absolute atomic E-state index is 0.0949. The molecule has 2 nitrogen and oxygen atoms in total. The van der Waals surface area contributed by atoms with Crippen LogP contribution in [0.1, 0.15) is 37.4 Å². The summed E-state index contributed by atoms with van der Waals surface area (Å²) in [7, 11) is 0. The Hall–Kier alpha value is -1.66. The van der Waals surface area contributed by atoms with Crippen molar-refractivity contribution in [2.75, 3.05) is 6.54 Å². The number of alkyl halides is 3. The molecule has 1 aliphatic rings. The first-order valence-electron chi connectivity index (χ1n) is 8.81. The van der Waals surface area contributed by atoms with E-state index < -0.39 is 5.51 Å². The Morgan fingerprint density at radius 2 is 1.77 bits per heavy atom. The van der Waals surface area contributed by atoms with Crippen molar-refractivity contribution >= 4 is 11.8 Å². The molecule has 0 bridgehead atoms. The van der Waals surface area contributed by atoms with E-state index in [1.165, 1.54) is 18.9 Å². The Bertz CT molecular complexity index is 687. The van der Waals surface area contributed by atoms with Gasteiger partial charge in [-0.2, -0.15) is 13.2 Å². The predicted molar refractivity (Wildman–Crippen MR) is 98.4 cm³/mol. The van der Waals surface area contributed by atoms with Crippen molar-refractivity contribution in [3.8, 4) is 5.75 Å². The lowest BCUT2D eigenvalue weighted by Gasteiger charge is -2.29. The summed E-state index contributed by atoms with van der Waals surface area (Å²) in [6, 6.07) is 16.4. The molecule has 0 saturated carbocycles. The fraction of sp³-hybridized carbons (Fsp3) is 0.400. The Balaban J connectivity index is 1.81. The van der Waals surface area contributed by atoms with Crippen LogP contribution in [0.3, 0.4) is 0 Å². The molecule has 0 radical (unpaired) electrons. The SMILES string of the molecule is FC(F)(F)Sc1ccccc1OC(CC1CCCCN1)c1ccccc1. The van der Waals surface area contributed by atoms with Crippen LogP contribution in [0.2, 0.25) is 0 Å². The summed E-state index contributed by atoms with van der Waals surface area (Å²) in [5.74, 6) is 0.277. The normalized spacial score (nSPS) is 19.1. The maximum atomic E-state index is 12.9. The highest BCUT2D eigenvalue weighted by molar-refractivity contribution is 8.00. The molecule has 1 N–H and O–H groups in total. The van der Waals surface area contributed by atoms with E-state index in [9.17, 15) is 13.2 Å². The summed E-state index contributed by atoms with van der Waals surface area (Å²) in [6.45, 7) is 0.979. The lowest BCUT2D eigenvalue weighted by atomic mass is 9.96. The average molecular weight is 381 g/mol. The van der Waals surface area contributed by atoms with E-state index >= 15 is 0 Å². The van der Waals surface area contributed by atoms with E-state index in [-0.39, 0.29) is 28.5 Å². The van der Waals surface area contributed by atoms with Gasteiger partial charge in [0.25, 0.3) is 0 Å². The molecule has 140 valence electrons. The van der Waals surface area contributed by atoms with Gasteiger partial charge in [0, 0.05) is 12.5 Å². The standard InChI is InChI=1S/C20H22F3NOS/c21-20(22,23)26-19-12-5-4-11-17(19)25-18(15-8-2-1-3-9-15)14-16-10-6-7-13-24-16/h1-5,8-9,11-12,16,18,24H,6-7,10,13-14H2. The van der Waals surface area contributed by atoms with Crippen LogP contribution in [-0.4, -0.2) is 18.1 Å². The number of halogens is 3. The van der Waals surface area contributed by atoms with E-state index in [0.717, 1.165) is 24.9 Å². The average Bonchev–Trinajstić information content (AvgIpc) is 2.63. The first-order chi connectivity index (χ1) is 12.5. The van der Waals surface area contributed by atoms with Crippen molar-refractivity contribution in [3.05, 3.63) is 60.2 Å². The Morgan fingerprint density at radius 1 is 1.04 bits per heavy atom. The van der Waals surface area contributed by atoms with Crippen molar-refractivity contribution in [2.24, 2.45) is 0 Å². The molecule has 2 aromatic carbocycles. The van der Waals surface area contributed by atoms with Crippen molar-refractivity contribution < 1.29 is 17.9 Å². The van der Waals surface area contributed by atoms with Gasteiger partial charge >= 0.3 is 5.51 Å². The smallest absolute Gasteiger partial charge is 0.446 e. The molecular formula is C20H22F3NOS. The molecule has 2 atom stereocenters. The molecular weight excluding hydrogens is 359 g/mol. The monoisotopic (exact) mass is 381 g/mol. The maximum absolute atomic E-state index is 12.9. The highest BCUT2D eigenvalue weighted by atomic mass is 32.2. The Kier molecular flexibility index (Phi) is 6.48. The van der Waals surface area contributed by atoms with Crippen LogP contribution in [-0.2, 0) is 0 Å². The summed E-state index contributed by atoms with van der Waals surface area (Å²) in [5, 5.41) is 3.49. The van der Waals surface area contributed by atoms with Gasteiger partial charge in [-0.3, -0.25) is 0 Å². The molecule has 1 saturated heterocycles. The van der Waals surface area contributed by atoms with E-state index in [2.05, 4.69) is 5.32 Å². The van der Waals surface area contributed by atoms with Crippen molar-refractivity contribution in [2.45, 2.75) is 48.2 Å². The Labute approximate surface area is 156 Å². The molecule has 26 heavy (non-hydrogen) atoms. The summed E-state index contributed by atoms with van der Waals surface area (Å²) in [6.07, 6.45) is 3.83. The quantitative estimate of drug-likeness (QED) is 0.625. The van der Waals surface area contributed by atoms with Crippen LogP contribution >= 0.6 is 11.8 Å². The van der Waals surface area contributed by atoms with E-state index in [1.807, 2.05) is 30.3 Å². The van der Waals surface area contributed by atoms with Gasteiger partial charge in [-0.1, -0.05) is 48.9 Å². The number of ether oxygens (including phenoxy) is 1. The summed E-state index contributed by atoms with van der Waals surface area (Å²) in [4.78, 5) is 0.0949. The second-order valence-electron chi connectivity index (χ2n) is 6.39. The number of thioether (sulfide) groups is 1. The van der Waals surface area contributed by atoms with Gasteiger partial charge in [0.15, 0.2) is 0 Å². The van der Waals surface area contributed by atoms with Gasteiger partial charge in [-0.15, -0.1) is 0 Å². The third-order valence-corrected chi connectivity index (χ3v) is 5.22. The maximum Gasteiger partial charge on any atom is 0.446 e. The fourth-order valence-corrected chi connectivity index (χ4v) is 3.83. The second kappa shape index (κ2) is 8.82. The lowest BCUT2D eigenvalue weighted by Crippen LogP contribution is -2.36. The predicted octanol–water partition coefficient (Wildman–Crippen LogP) is 5.95. The first kappa shape index (κ1) is 19.1. The topological polar surface area (TPSA) is 21.3 Å². The summed E-state index contributed by atoms with van der Waals surface area (Å²) >= 11 is -0.130. The molecule has 1 fully saturated rings. The van der Waals surface area contributed by atoms with Gasteiger partial charge < -0.3 is 10.1 Å². The number of para-hydroxylation sites is 1. The molecule has 2 unspecified atom stereocenters. The van der Waals surface area contributed by atoms with Crippen LogP contribution in [0.15, 0.2) is 59.5 Å².